The Bertz CT molecular complexity index is 208. The van der Waals surface area contributed by atoms with Gasteiger partial charge in [-0.05, 0) is 5.56 Å². The smallest absolute Gasteiger partial charge is 0.0711 e. The zero-order valence-electron chi connectivity index (χ0n) is 6.32. The summed E-state index contributed by atoms with van der Waals surface area (Å²) in [5.74, 6) is 0. The van der Waals surface area contributed by atoms with Crippen LogP contribution in [-0.4, -0.2) is 10.2 Å². The van der Waals surface area contributed by atoms with Gasteiger partial charge in [-0.25, -0.2) is 0 Å². The summed E-state index contributed by atoms with van der Waals surface area (Å²) < 4.78 is 0. The predicted octanol–water partition coefficient (Wildman–Crippen LogP) is 0.397. The molecule has 0 saturated heterocycles. The lowest BCUT2D eigenvalue weighted by Crippen LogP contribution is -2.05. The number of nitrogens with two attached hydrogens (primary N) is 1. The van der Waals surface area contributed by atoms with Crippen LogP contribution in [0.5, 0.6) is 0 Å². The molecule has 3 radical (unpaired) electrons. The zero-order chi connectivity index (χ0) is 6.69. The van der Waals surface area contributed by atoms with Gasteiger partial charge in [0, 0.05) is 6.54 Å². The molecule has 12 heavy (non-hydrogen) atoms. The van der Waals surface area contributed by atoms with Gasteiger partial charge < -0.3 is 5.73 Å². The minimum absolute atomic E-state index is 0. The fourth-order valence-electron chi connectivity index (χ4n) is 0.698. The monoisotopic (exact) mass is 194 g/mol. The molecule has 0 spiro atoms. The first-order valence-corrected chi connectivity index (χ1v) is 3.33. The lowest BCUT2D eigenvalue weighted by molar-refractivity contribution is 1.07. The SMILES string of the molecule is F.F.F.NCc1cccc([Si])c1. The van der Waals surface area contributed by atoms with E-state index in [0.717, 1.165) is 10.8 Å². The Morgan fingerprint density at radius 2 is 1.75 bits per heavy atom. The Labute approximate surface area is 72.5 Å². The van der Waals surface area contributed by atoms with Crippen LogP contribution in [0.2, 0.25) is 0 Å². The molecule has 0 amide bonds. The summed E-state index contributed by atoms with van der Waals surface area (Å²) in [4.78, 5) is 0. The molecule has 0 atom stereocenters. The van der Waals surface area contributed by atoms with Crippen LogP contribution in [0.25, 0.3) is 0 Å². The lowest BCUT2D eigenvalue weighted by atomic mass is 10.2. The second-order valence-corrected chi connectivity index (χ2v) is 2.48. The number of hydrogen-bond acceptors (Lipinski definition) is 1. The Balaban J connectivity index is -0.000000270. The zero-order valence-corrected chi connectivity index (χ0v) is 7.32. The largest absolute Gasteiger partial charge is 0.326 e. The number of benzene rings is 1. The highest BCUT2D eigenvalue weighted by molar-refractivity contribution is 6.32. The van der Waals surface area contributed by atoms with E-state index in [4.69, 9.17) is 5.73 Å². The van der Waals surface area contributed by atoms with E-state index in [9.17, 15) is 0 Å². The van der Waals surface area contributed by atoms with Crippen LogP contribution in [0.4, 0.5) is 14.1 Å². The average molecular weight is 194 g/mol. The van der Waals surface area contributed by atoms with Crippen molar-refractivity contribution >= 4 is 15.4 Å². The van der Waals surface area contributed by atoms with Crippen LogP contribution in [0, 0.1) is 0 Å². The first-order chi connectivity index (χ1) is 4.33. The summed E-state index contributed by atoms with van der Waals surface area (Å²) in [6.45, 7) is 0.609. The van der Waals surface area contributed by atoms with Crippen LogP contribution >= 0.6 is 0 Å². The molecule has 1 aromatic rings. The summed E-state index contributed by atoms with van der Waals surface area (Å²) in [5.41, 5.74) is 6.55. The molecule has 1 nitrogen and oxygen atoms in total. The predicted molar refractivity (Wildman–Crippen MR) is 47.2 cm³/mol. The van der Waals surface area contributed by atoms with Gasteiger partial charge in [-0.1, -0.05) is 29.5 Å². The summed E-state index contributed by atoms with van der Waals surface area (Å²) >= 11 is 0. The topological polar surface area (TPSA) is 26.0 Å². The van der Waals surface area contributed by atoms with E-state index in [1.165, 1.54) is 0 Å². The molecular formula is C7H11F3NSi. The summed E-state index contributed by atoms with van der Waals surface area (Å²) in [5, 5.41) is 1.08. The van der Waals surface area contributed by atoms with Gasteiger partial charge in [0.15, 0.2) is 0 Å². The third kappa shape index (κ3) is 4.92. The molecule has 1 aromatic carbocycles. The Morgan fingerprint density at radius 3 is 2.08 bits per heavy atom. The van der Waals surface area contributed by atoms with Gasteiger partial charge in [0.25, 0.3) is 0 Å². The maximum Gasteiger partial charge on any atom is 0.0711 e. The molecule has 0 heterocycles. The van der Waals surface area contributed by atoms with E-state index in [1.807, 2.05) is 24.3 Å². The third-order valence-electron chi connectivity index (χ3n) is 1.16. The molecule has 0 aliphatic heterocycles. The molecular weight excluding hydrogens is 183 g/mol. The van der Waals surface area contributed by atoms with Crippen molar-refractivity contribution in [1.29, 1.82) is 0 Å². The minimum Gasteiger partial charge on any atom is -0.326 e. The van der Waals surface area contributed by atoms with E-state index < -0.39 is 0 Å². The Kier molecular flexibility index (Phi) is 12.0. The van der Waals surface area contributed by atoms with Crippen LogP contribution in [0.3, 0.4) is 0 Å². The maximum absolute atomic E-state index is 5.40. The van der Waals surface area contributed by atoms with E-state index in [0.29, 0.717) is 6.54 Å². The number of hydrogen-bond donors (Lipinski definition) is 1. The standard InChI is InChI=1S/C7H8NSi.3FH/c8-5-6-2-1-3-7(9)4-6;;;/h1-4H,5,8H2;3*1H. The van der Waals surface area contributed by atoms with E-state index in [-0.39, 0.29) is 14.1 Å². The van der Waals surface area contributed by atoms with E-state index in [2.05, 4.69) is 10.2 Å². The van der Waals surface area contributed by atoms with E-state index >= 15 is 0 Å². The highest BCUT2D eigenvalue weighted by Crippen LogP contribution is 1.91. The molecule has 0 saturated carbocycles. The third-order valence-corrected chi connectivity index (χ3v) is 1.47. The molecule has 0 aliphatic rings. The highest BCUT2D eigenvalue weighted by Gasteiger charge is 1.86. The van der Waals surface area contributed by atoms with Crippen molar-refractivity contribution in [3.63, 3.8) is 0 Å². The molecule has 0 aromatic heterocycles. The molecule has 1 rings (SSSR count). The van der Waals surface area contributed by atoms with Gasteiger partial charge in [-0.3, -0.25) is 14.1 Å². The number of halogens is 3. The minimum atomic E-state index is 0. The second kappa shape index (κ2) is 8.29. The molecule has 0 bridgehead atoms. The fourth-order valence-corrected chi connectivity index (χ4v) is 0.980. The Morgan fingerprint density at radius 1 is 1.17 bits per heavy atom. The van der Waals surface area contributed by atoms with Crippen LogP contribution in [0.1, 0.15) is 5.56 Å². The van der Waals surface area contributed by atoms with Crippen LogP contribution in [-0.2, 0) is 6.54 Å². The second-order valence-electron chi connectivity index (χ2n) is 1.90. The molecule has 2 N–H and O–H groups in total. The van der Waals surface area contributed by atoms with Gasteiger partial charge in [-0.2, -0.15) is 0 Å². The average Bonchev–Trinajstić information content (AvgIpc) is 1.88. The van der Waals surface area contributed by atoms with Crippen molar-refractivity contribution in [2.24, 2.45) is 5.73 Å². The quantitative estimate of drug-likeness (QED) is 0.643. The normalized spacial score (nSPS) is 7.17. The molecule has 0 aliphatic carbocycles. The maximum atomic E-state index is 5.40. The van der Waals surface area contributed by atoms with Crippen molar-refractivity contribution in [2.45, 2.75) is 6.54 Å². The summed E-state index contributed by atoms with van der Waals surface area (Å²) in [6.07, 6.45) is 0. The van der Waals surface area contributed by atoms with Gasteiger partial charge in [0.2, 0.25) is 0 Å². The van der Waals surface area contributed by atoms with E-state index in [1.54, 1.807) is 0 Å². The molecule has 69 valence electrons. The summed E-state index contributed by atoms with van der Waals surface area (Å²) in [7, 11) is 3.39. The van der Waals surface area contributed by atoms with Gasteiger partial charge in [-0.15, -0.1) is 0 Å². The first-order valence-electron chi connectivity index (χ1n) is 2.83. The highest BCUT2D eigenvalue weighted by atomic mass is 28.1. The molecule has 0 fully saturated rings. The van der Waals surface area contributed by atoms with Crippen LogP contribution in [0.15, 0.2) is 24.3 Å². The number of rotatable bonds is 1. The summed E-state index contributed by atoms with van der Waals surface area (Å²) in [6, 6.07) is 7.97. The molecule has 5 heteroatoms. The Hall–Kier alpha value is -0.813. The lowest BCUT2D eigenvalue weighted by Gasteiger charge is -1.95. The van der Waals surface area contributed by atoms with Crippen molar-refractivity contribution in [3.8, 4) is 0 Å². The van der Waals surface area contributed by atoms with Crippen LogP contribution < -0.4 is 10.9 Å². The van der Waals surface area contributed by atoms with Gasteiger partial charge in [0.1, 0.15) is 0 Å². The van der Waals surface area contributed by atoms with Gasteiger partial charge >= 0.3 is 0 Å². The van der Waals surface area contributed by atoms with Crippen molar-refractivity contribution < 1.29 is 14.1 Å². The van der Waals surface area contributed by atoms with Crippen molar-refractivity contribution in [1.82, 2.24) is 0 Å². The fraction of sp³-hybridized carbons (Fsp3) is 0.143. The first kappa shape index (κ1) is 17.3. The van der Waals surface area contributed by atoms with Crippen molar-refractivity contribution in [2.75, 3.05) is 0 Å². The molecule has 0 unspecified atom stereocenters. The van der Waals surface area contributed by atoms with Crippen molar-refractivity contribution in [3.05, 3.63) is 29.8 Å². The van der Waals surface area contributed by atoms with Gasteiger partial charge in [0.05, 0.1) is 10.2 Å².